The van der Waals surface area contributed by atoms with Crippen LogP contribution in [0.4, 0.5) is 5.69 Å². The summed E-state index contributed by atoms with van der Waals surface area (Å²) in [7, 11) is 0. The van der Waals surface area contributed by atoms with Crippen LogP contribution in [0.25, 0.3) is 22.5 Å². The third-order valence-corrected chi connectivity index (χ3v) is 4.50. The Hall–Kier alpha value is -3.48. The molecule has 7 nitrogen and oxygen atoms in total. The highest BCUT2D eigenvalue weighted by Crippen LogP contribution is 2.39. The van der Waals surface area contributed by atoms with Crippen molar-refractivity contribution in [2.75, 3.05) is 4.90 Å². The number of hydrogen-bond donors (Lipinski definition) is 2. The van der Waals surface area contributed by atoms with E-state index in [-0.39, 0.29) is 18.7 Å². The van der Waals surface area contributed by atoms with Gasteiger partial charge in [0.15, 0.2) is 0 Å². The van der Waals surface area contributed by atoms with E-state index in [0.29, 0.717) is 6.54 Å². The van der Waals surface area contributed by atoms with Crippen LogP contribution in [0.2, 0.25) is 0 Å². The van der Waals surface area contributed by atoms with Gasteiger partial charge in [0.1, 0.15) is 5.69 Å². The number of aromatic nitrogens is 3. The minimum atomic E-state index is -0.487. The van der Waals surface area contributed by atoms with Gasteiger partial charge in [-0.1, -0.05) is 47.7 Å². The zero-order chi connectivity index (χ0) is 18.1. The largest absolute Gasteiger partial charge is 0.370 e. The summed E-state index contributed by atoms with van der Waals surface area (Å²) >= 11 is 0. The van der Waals surface area contributed by atoms with Crippen LogP contribution < -0.4 is 10.6 Å². The van der Waals surface area contributed by atoms with Crippen LogP contribution in [-0.2, 0) is 16.1 Å². The Bertz CT molecular complexity index is 995. The van der Waals surface area contributed by atoms with Crippen LogP contribution in [0.15, 0.2) is 48.5 Å². The summed E-state index contributed by atoms with van der Waals surface area (Å²) in [5.74, 6) is -0.638. The quantitative estimate of drug-likeness (QED) is 0.758. The first-order chi connectivity index (χ1) is 12.6. The first-order valence-electron chi connectivity index (χ1n) is 8.32. The maximum atomic E-state index is 12.9. The summed E-state index contributed by atoms with van der Waals surface area (Å²) in [5, 5.41) is 11.2. The monoisotopic (exact) mass is 347 g/mol. The lowest BCUT2D eigenvalue weighted by atomic mass is 9.95. The summed E-state index contributed by atoms with van der Waals surface area (Å²) in [6, 6.07) is 15.4. The van der Waals surface area contributed by atoms with E-state index in [2.05, 4.69) is 15.4 Å². The van der Waals surface area contributed by atoms with Crippen molar-refractivity contribution in [1.82, 2.24) is 15.4 Å². The second-order valence-electron chi connectivity index (χ2n) is 6.16. The van der Waals surface area contributed by atoms with Crippen molar-refractivity contribution in [3.63, 3.8) is 0 Å². The van der Waals surface area contributed by atoms with E-state index in [1.165, 1.54) is 0 Å². The number of benzene rings is 2. The number of anilines is 1. The Morgan fingerprint density at radius 1 is 1.04 bits per heavy atom. The fraction of sp³-hybridized carbons (Fsp3) is 0.158. The first-order valence-corrected chi connectivity index (χ1v) is 8.32. The molecule has 1 aromatic heterocycles. The number of nitrogens with one attached hydrogen (secondary N) is 1. The van der Waals surface area contributed by atoms with Crippen molar-refractivity contribution < 1.29 is 9.59 Å². The van der Waals surface area contributed by atoms with E-state index >= 15 is 0 Å². The highest BCUT2D eigenvalue weighted by atomic mass is 16.2. The average Bonchev–Trinajstić information content (AvgIpc) is 3.12. The summed E-state index contributed by atoms with van der Waals surface area (Å²) in [4.78, 5) is 25.7. The number of nitrogens with two attached hydrogens (primary N) is 1. The molecular weight excluding hydrogens is 330 g/mol. The highest BCUT2D eigenvalue weighted by molar-refractivity contribution is 6.00. The second-order valence-corrected chi connectivity index (χ2v) is 6.16. The molecule has 0 bridgehead atoms. The lowest BCUT2D eigenvalue weighted by Crippen LogP contribution is -2.32. The summed E-state index contributed by atoms with van der Waals surface area (Å²) in [6.07, 6.45) is 0.0932. The number of rotatable bonds is 3. The molecule has 2 amide bonds. The van der Waals surface area contributed by atoms with Crippen LogP contribution in [0.5, 0.6) is 0 Å². The van der Waals surface area contributed by atoms with Gasteiger partial charge in [0, 0.05) is 24.0 Å². The van der Waals surface area contributed by atoms with Gasteiger partial charge in [-0.2, -0.15) is 0 Å². The van der Waals surface area contributed by atoms with E-state index in [1.54, 1.807) is 4.90 Å². The van der Waals surface area contributed by atoms with Gasteiger partial charge in [-0.15, -0.1) is 5.10 Å². The van der Waals surface area contributed by atoms with Crippen molar-refractivity contribution in [2.45, 2.75) is 19.4 Å². The third-order valence-electron chi connectivity index (χ3n) is 4.50. The van der Waals surface area contributed by atoms with Crippen molar-refractivity contribution >= 4 is 17.5 Å². The molecule has 3 N–H and O–H groups in total. The zero-order valence-corrected chi connectivity index (χ0v) is 14.0. The zero-order valence-electron chi connectivity index (χ0n) is 14.0. The van der Waals surface area contributed by atoms with Gasteiger partial charge < -0.3 is 10.6 Å². The van der Waals surface area contributed by atoms with Crippen molar-refractivity contribution in [2.24, 2.45) is 5.73 Å². The van der Waals surface area contributed by atoms with E-state index in [9.17, 15) is 9.59 Å². The lowest BCUT2D eigenvalue weighted by Gasteiger charge is -2.28. The Balaban J connectivity index is 1.88. The molecule has 26 heavy (non-hydrogen) atoms. The summed E-state index contributed by atoms with van der Waals surface area (Å²) in [5.41, 5.74) is 10.2. The Morgan fingerprint density at radius 3 is 2.58 bits per heavy atom. The van der Waals surface area contributed by atoms with E-state index in [1.807, 2.05) is 48.5 Å². The van der Waals surface area contributed by atoms with Crippen molar-refractivity contribution in [1.29, 1.82) is 0 Å². The highest BCUT2D eigenvalue weighted by Gasteiger charge is 2.27. The maximum Gasteiger partial charge on any atom is 0.227 e. The van der Waals surface area contributed by atoms with E-state index < -0.39 is 5.91 Å². The predicted molar refractivity (Wildman–Crippen MR) is 96.9 cm³/mol. The fourth-order valence-electron chi connectivity index (χ4n) is 3.26. The normalized spacial score (nSPS) is 12.4. The topological polar surface area (TPSA) is 105 Å². The molecule has 2 heterocycles. The number of fused-ring (bicyclic) bond motifs is 5. The molecule has 0 atom stereocenters. The molecule has 0 aliphatic carbocycles. The van der Waals surface area contributed by atoms with Gasteiger partial charge >= 0.3 is 0 Å². The minimum Gasteiger partial charge on any atom is -0.370 e. The third kappa shape index (κ3) is 2.73. The second kappa shape index (κ2) is 6.44. The number of nitrogens with zero attached hydrogens (tertiary/aromatic N) is 3. The molecule has 4 rings (SSSR count). The Kier molecular flexibility index (Phi) is 3.96. The number of para-hydroxylation sites is 1. The standard InChI is InChI=1S/C19H17N5O2/c20-16(25)9-10-17(26)24-11-12-5-1-2-6-13(12)18-19(22-23-21-18)14-7-3-4-8-15(14)24/h1-8H,9-11H2,(H2,20,25)(H,21,22,23). The minimum absolute atomic E-state index is 0.0238. The summed E-state index contributed by atoms with van der Waals surface area (Å²) < 4.78 is 0. The van der Waals surface area contributed by atoms with Gasteiger partial charge in [0.05, 0.1) is 17.9 Å². The number of amides is 2. The smallest absolute Gasteiger partial charge is 0.227 e. The molecule has 1 aliphatic rings. The van der Waals surface area contributed by atoms with Crippen LogP contribution in [0, 0.1) is 0 Å². The number of H-pyrrole nitrogens is 1. The number of carbonyl (C=O) groups excluding carboxylic acids is 2. The van der Waals surface area contributed by atoms with Gasteiger partial charge in [-0.05, 0) is 11.6 Å². The van der Waals surface area contributed by atoms with E-state index in [4.69, 9.17) is 5.73 Å². The Labute approximate surface area is 149 Å². The Morgan fingerprint density at radius 2 is 1.77 bits per heavy atom. The van der Waals surface area contributed by atoms with Crippen LogP contribution in [0.3, 0.4) is 0 Å². The number of primary amides is 1. The average molecular weight is 347 g/mol. The number of aromatic amines is 1. The van der Waals surface area contributed by atoms with Gasteiger partial charge in [0.25, 0.3) is 0 Å². The number of hydrogen-bond acceptors (Lipinski definition) is 4. The molecule has 0 fully saturated rings. The molecule has 2 aromatic carbocycles. The molecule has 1 aliphatic heterocycles. The molecule has 0 unspecified atom stereocenters. The van der Waals surface area contributed by atoms with Crippen LogP contribution in [-0.4, -0.2) is 27.2 Å². The molecule has 0 saturated heterocycles. The van der Waals surface area contributed by atoms with Crippen LogP contribution in [0.1, 0.15) is 18.4 Å². The van der Waals surface area contributed by atoms with Gasteiger partial charge in [-0.25, -0.2) is 0 Å². The molecule has 3 aromatic rings. The molecule has 0 radical (unpaired) electrons. The molecule has 0 spiro atoms. The van der Waals surface area contributed by atoms with Crippen molar-refractivity contribution in [3.8, 4) is 22.5 Å². The van der Waals surface area contributed by atoms with Gasteiger partial charge in [-0.3, -0.25) is 14.7 Å². The fourth-order valence-corrected chi connectivity index (χ4v) is 3.26. The molecular formula is C19H17N5O2. The summed E-state index contributed by atoms with van der Waals surface area (Å²) in [6.45, 7) is 0.386. The maximum absolute atomic E-state index is 12.9. The molecule has 7 heteroatoms. The molecule has 0 saturated carbocycles. The van der Waals surface area contributed by atoms with E-state index in [0.717, 1.165) is 33.8 Å². The lowest BCUT2D eigenvalue weighted by molar-refractivity contribution is -0.123. The predicted octanol–water partition coefficient (Wildman–Crippen LogP) is 2.25. The SMILES string of the molecule is NC(=O)CCC(=O)N1Cc2ccccc2-c2nn[nH]c2-c2ccccc21. The van der Waals surface area contributed by atoms with Gasteiger partial charge in [0.2, 0.25) is 11.8 Å². The van der Waals surface area contributed by atoms with Crippen LogP contribution >= 0.6 is 0 Å². The number of carbonyl (C=O) groups is 2. The van der Waals surface area contributed by atoms with Crippen molar-refractivity contribution in [3.05, 3.63) is 54.1 Å². The molecule has 130 valence electrons. The first kappa shape index (κ1) is 16.0.